The minimum absolute atomic E-state index is 0.350. The fourth-order valence-electron chi connectivity index (χ4n) is 3.09. The van der Waals surface area contributed by atoms with E-state index in [1.807, 2.05) is 64.1 Å². The van der Waals surface area contributed by atoms with Gasteiger partial charge in [0.1, 0.15) is 5.60 Å². The molecule has 1 aliphatic carbocycles. The molecule has 6 heteroatoms. The molecule has 0 spiro atoms. The Bertz CT molecular complexity index is 1020. The number of ether oxygens (including phenoxy) is 1. The van der Waals surface area contributed by atoms with E-state index in [-0.39, 0.29) is 5.97 Å². The zero-order valence-electron chi connectivity index (χ0n) is 15.3. The Hall–Kier alpha value is -2.34. The molecule has 1 unspecified atom stereocenters. The molecule has 0 fully saturated rings. The average molecular weight is 370 g/mol. The summed E-state index contributed by atoms with van der Waals surface area (Å²) in [5.41, 5.74) is 6.15. The first kappa shape index (κ1) is 18.5. The summed E-state index contributed by atoms with van der Waals surface area (Å²) >= 11 is 1.00. The molecule has 0 radical (unpaired) electrons. The van der Waals surface area contributed by atoms with Crippen LogP contribution in [0.4, 0.5) is 4.79 Å². The number of hydrogen-bond acceptors (Lipinski definition) is 5. The second-order valence-electron chi connectivity index (χ2n) is 7.65. The molecule has 3 rings (SSSR count). The van der Waals surface area contributed by atoms with Crippen LogP contribution in [0, 0.1) is 0 Å². The van der Waals surface area contributed by atoms with Gasteiger partial charge in [0.25, 0.3) is 5.24 Å². The van der Waals surface area contributed by atoms with E-state index in [0.717, 1.165) is 27.9 Å². The van der Waals surface area contributed by atoms with Crippen molar-refractivity contribution in [2.24, 2.45) is 5.73 Å². The summed E-state index contributed by atoms with van der Waals surface area (Å²) in [5.74, 6) is -0.389. The van der Waals surface area contributed by atoms with E-state index in [1.54, 1.807) is 0 Å². The number of fused-ring (bicyclic) bond motifs is 2. The third-order valence-electron chi connectivity index (χ3n) is 4.03. The van der Waals surface area contributed by atoms with Gasteiger partial charge in [0, 0.05) is 20.9 Å². The number of rotatable bonds is 2. The third kappa shape index (κ3) is 3.90. The molecule has 2 aromatic rings. The summed E-state index contributed by atoms with van der Waals surface area (Å²) in [6.07, 6.45) is 2.26. The summed E-state index contributed by atoms with van der Waals surface area (Å²) in [6.45, 7) is 7.37. The molecule has 1 atom stereocenters. The minimum atomic E-state index is -0.652. The van der Waals surface area contributed by atoms with Gasteiger partial charge in [-0.1, -0.05) is 30.0 Å². The van der Waals surface area contributed by atoms with Gasteiger partial charge in [0.05, 0.1) is 10.9 Å². The van der Waals surface area contributed by atoms with Crippen LogP contribution in [0.15, 0.2) is 30.3 Å². The molecular weight excluding hydrogens is 348 g/mol. The SMILES string of the molecule is CC(C)(C)OC(=O)C1=c2cc3ccccc3nc2=CC(C)(SC(N)=O)C1. The van der Waals surface area contributed by atoms with Crippen LogP contribution >= 0.6 is 11.8 Å². The zero-order valence-corrected chi connectivity index (χ0v) is 16.1. The molecule has 1 aromatic heterocycles. The highest BCUT2D eigenvalue weighted by Gasteiger charge is 2.34. The molecule has 0 bridgehead atoms. The predicted molar refractivity (Wildman–Crippen MR) is 105 cm³/mol. The van der Waals surface area contributed by atoms with Crippen LogP contribution < -0.4 is 16.3 Å². The molecule has 2 N–H and O–H groups in total. The van der Waals surface area contributed by atoms with Gasteiger partial charge in [-0.25, -0.2) is 9.78 Å². The number of carbonyl (C=O) groups excluding carboxylic acids is 2. The van der Waals surface area contributed by atoms with Crippen LogP contribution in [0.25, 0.3) is 22.6 Å². The Morgan fingerprint density at radius 3 is 2.62 bits per heavy atom. The number of primary amides is 1. The lowest BCUT2D eigenvalue weighted by atomic mass is 9.92. The van der Waals surface area contributed by atoms with Gasteiger partial charge < -0.3 is 10.5 Å². The average Bonchev–Trinajstić information content (AvgIpc) is 2.49. The van der Waals surface area contributed by atoms with Crippen LogP contribution in [0.2, 0.25) is 0 Å². The largest absolute Gasteiger partial charge is 0.457 e. The normalized spacial score (nSPS) is 19.6. The molecule has 1 aliphatic rings. The fraction of sp³-hybridized carbons (Fsp3) is 0.350. The van der Waals surface area contributed by atoms with Crippen LogP contribution in [-0.2, 0) is 9.53 Å². The van der Waals surface area contributed by atoms with Crippen LogP contribution in [0.1, 0.15) is 34.1 Å². The third-order valence-corrected chi connectivity index (χ3v) is 4.96. The first-order chi connectivity index (χ1) is 12.1. The van der Waals surface area contributed by atoms with Crippen LogP contribution in [-0.4, -0.2) is 26.5 Å². The number of carbonyl (C=O) groups is 2. The topological polar surface area (TPSA) is 82.3 Å². The van der Waals surface area contributed by atoms with Gasteiger partial charge in [0.2, 0.25) is 0 Å². The molecular formula is C20H22N2O3S. The van der Waals surface area contributed by atoms with Crippen molar-refractivity contribution in [1.82, 2.24) is 4.98 Å². The highest BCUT2D eigenvalue weighted by atomic mass is 32.2. The zero-order chi connectivity index (χ0) is 19.1. The number of aromatic nitrogens is 1. The van der Waals surface area contributed by atoms with Gasteiger partial charge in [-0.15, -0.1) is 0 Å². The lowest BCUT2D eigenvalue weighted by Gasteiger charge is -2.29. The van der Waals surface area contributed by atoms with Crippen LogP contribution in [0.5, 0.6) is 0 Å². The Balaban J connectivity index is 2.26. The van der Waals surface area contributed by atoms with Crippen molar-refractivity contribution in [3.05, 3.63) is 40.9 Å². The predicted octanol–water partition coefficient (Wildman–Crippen LogP) is 2.48. The number of nitrogens with two attached hydrogens (primary N) is 1. The Labute approximate surface area is 156 Å². The van der Waals surface area contributed by atoms with Gasteiger partial charge >= 0.3 is 5.97 Å². The number of thioether (sulfide) groups is 1. The Morgan fingerprint density at radius 1 is 1.27 bits per heavy atom. The van der Waals surface area contributed by atoms with E-state index in [2.05, 4.69) is 0 Å². The summed E-state index contributed by atoms with van der Waals surface area (Å²) < 4.78 is 4.95. The second kappa shape index (κ2) is 6.43. The summed E-state index contributed by atoms with van der Waals surface area (Å²) in [4.78, 5) is 29.1. The molecule has 26 heavy (non-hydrogen) atoms. The second-order valence-corrected chi connectivity index (χ2v) is 9.19. The molecule has 1 heterocycles. The molecule has 136 valence electrons. The van der Waals surface area contributed by atoms with Crippen LogP contribution in [0.3, 0.4) is 0 Å². The monoisotopic (exact) mass is 370 g/mol. The molecule has 1 aromatic carbocycles. The highest BCUT2D eigenvalue weighted by Crippen LogP contribution is 2.35. The van der Waals surface area contributed by atoms with Gasteiger partial charge in [0.15, 0.2) is 0 Å². The number of nitrogens with zero attached hydrogens (tertiary/aromatic N) is 1. The Kier molecular flexibility index (Phi) is 4.56. The lowest BCUT2D eigenvalue weighted by molar-refractivity contribution is -0.147. The quantitative estimate of drug-likeness (QED) is 0.821. The van der Waals surface area contributed by atoms with E-state index in [1.165, 1.54) is 0 Å². The maximum absolute atomic E-state index is 12.9. The molecule has 0 aliphatic heterocycles. The van der Waals surface area contributed by atoms with Gasteiger partial charge in [-0.3, -0.25) is 4.79 Å². The Morgan fingerprint density at radius 2 is 1.96 bits per heavy atom. The maximum atomic E-state index is 12.9. The number of amides is 1. The van der Waals surface area contributed by atoms with E-state index >= 15 is 0 Å². The van der Waals surface area contributed by atoms with Crippen molar-refractivity contribution >= 4 is 45.5 Å². The van der Waals surface area contributed by atoms with Gasteiger partial charge in [-0.05, 0) is 52.3 Å². The summed E-state index contributed by atoms with van der Waals surface area (Å²) in [7, 11) is 0. The van der Waals surface area contributed by atoms with E-state index in [4.69, 9.17) is 15.5 Å². The number of pyridine rings is 1. The number of para-hydroxylation sites is 1. The highest BCUT2D eigenvalue weighted by molar-refractivity contribution is 8.15. The number of benzene rings is 1. The van der Waals surface area contributed by atoms with Crippen molar-refractivity contribution in [3.63, 3.8) is 0 Å². The lowest BCUT2D eigenvalue weighted by Crippen LogP contribution is -2.43. The maximum Gasteiger partial charge on any atom is 0.335 e. The van der Waals surface area contributed by atoms with Crippen molar-refractivity contribution in [1.29, 1.82) is 0 Å². The van der Waals surface area contributed by atoms with Crippen molar-refractivity contribution in [2.75, 3.05) is 0 Å². The summed E-state index contributed by atoms with van der Waals surface area (Å²) in [6, 6.07) is 9.69. The van der Waals surface area contributed by atoms with Crippen molar-refractivity contribution in [2.45, 2.75) is 44.5 Å². The fourth-order valence-corrected chi connectivity index (χ4v) is 3.93. The standard InChI is InChI=1S/C20H22N2O3S/c1-19(2,3)25-17(23)14-10-20(4,26-18(21)24)11-16-13(14)9-12-7-5-6-8-15(12)22-16/h5-9,11H,10H2,1-4H3,(H2,21,24). The van der Waals surface area contributed by atoms with Crippen molar-refractivity contribution < 1.29 is 14.3 Å². The van der Waals surface area contributed by atoms with E-state index in [9.17, 15) is 9.59 Å². The molecule has 5 nitrogen and oxygen atoms in total. The molecule has 0 saturated carbocycles. The minimum Gasteiger partial charge on any atom is -0.457 e. The molecule has 1 amide bonds. The summed E-state index contributed by atoms with van der Waals surface area (Å²) in [5, 5.41) is 1.89. The van der Waals surface area contributed by atoms with Crippen molar-refractivity contribution in [3.8, 4) is 0 Å². The van der Waals surface area contributed by atoms with Gasteiger partial charge in [-0.2, -0.15) is 0 Å². The smallest absolute Gasteiger partial charge is 0.335 e. The number of hydrogen-bond donors (Lipinski definition) is 1. The first-order valence-corrected chi connectivity index (χ1v) is 9.22. The van der Waals surface area contributed by atoms with E-state index in [0.29, 0.717) is 17.3 Å². The number of esters is 1. The first-order valence-electron chi connectivity index (χ1n) is 8.40. The molecule has 0 saturated heterocycles. The van der Waals surface area contributed by atoms with E-state index < -0.39 is 15.6 Å².